The van der Waals surface area contributed by atoms with E-state index in [1.54, 1.807) is 0 Å². The van der Waals surface area contributed by atoms with E-state index in [1.165, 1.54) is 7.11 Å². The highest BCUT2D eigenvalue weighted by Gasteiger charge is 2.53. The normalized spacial score (nSPS) is 18.8. The van der Waals surface area contributed by atoms with Crippen LogP contribution >= 0.6 is 11.6 Å². The zero-order chi connectivity index (χ0) is 13.2. The SMILES string of the molecule is CNC(c1ccc(Cl)cc1)C1(C(=O)OC)COC1. The molecule has 0 bridgehead atoms. The van der Waals surface area contributed by atoms with Crippen LogP contribution in [-0.4, -0.2) is 33.3 Å². The summed E-state index contributed by atoms with van der Waals surface area (Å²) in [5, 5.41) is 3.84. The second-order valence-electron chi connectivity index (χ2n) is 4.41. The molecular formula is C13H16ClNO3. The van der Waals surface area contributed by atoms with Crippen molar-refractivity contribution in [2.45, 2.75) is 6.04 Å². The largest absolute Gasteiger partial charge is 0.468 e. The number of methoxy groups -OCH3 is 1. The maximum absolute atomic E-state index is 12.0. The summed E-state index contributed by atoms with van der Waals surface area (Å²) in [5.41, 5.74) is 0.354. The van der Waals surface area contributed by atoms with E-state index in [2.05, 4.69) is 5.32 Å². The molecule has 1 unspecified atom stereocenters. The monoisotopic (exact) mass is 269 g/mol. The lowest BCUT2D eigenvalue weighted by atomic mass is 9.75. The standard InChI is InChI=1S/C13H16ClNO3/c1-15-11(9-3-5-10(14)6-4-9)13(7-18-8-13)12(16)17-2/h3-6,11,15H,7-8H2,1-2H3. The van der Waals surface area contributed by atoms with Gasteiger partial charge in [-0.1, -0.05) is 23.7 Å². The molecule has 1 heterocycles. The molecule has 5 heteroatoms. The van der Waals surface area contributed by atoms with Gasteiger partial charge in [-0.15, -0.1) is 0 Å². The Hall–Kier alpha value is -1.10. The topological polar surface area (TPSA) is 47.6 Å². The number of hydrogen-bond donors (Lipinski definition) is 1. The van der Waals surface area contributed by atoms with Gasteiger partial charge in [0.1, 0.15) is 5.41 Å². The molecular weight excluding hydrogens is 254 g/mol. The molecule has 0 aromatic heterocycles. The Morgan fingerprint density at radius 1 is 1.44 bits per heavy atom. The Kier molecular flexibility index (Phi) is 3.90. The summed E-state index contributed by atoms with van der Waals surface area (Å²) in [6.45, 7) is 0.738. The molecule has 0 radical (unpaired) electrons. The molecule has 0 saturated carbocycles. The van der Waals surface area contributed by atoms with Crippen LogP contribution in [0.5, 0.6) is 0 Å². The zero-order valence-corrected chi connectivity index (χ0v) is 11.2. The minimum atomic E-state index is -0.642. The van der Waals surface area contributed by atoms with Gasteiger partial charge in [-0.25, -0.2) is 0 Å². The Morgan fingerprint density at radius 3 is 2.44 bits per heavy atom. The van der Waals surface area contributed by atoms with Gasteiger partial charge in [-0.3, -0.25) is 4.79 Å². The first-order chi connectivity index (χ1) is 8.64. The first kappa shape index (κ1) is 13.3. The van der Waals surface area contributed by atoms with Crippen LogP contribution in [0.4, 0.5) is 0 Å². The first-order valence-corrected chi connectivity index (χ1v) is 6.11. The van der Waals surface area contributed by atoms with Crippen LogP contribution in [0.15, 0.2) is 24.3 Å². The summed E-state index contributed by atoms with van der Waals surface area (Å²) in [6, 6.07) is 7.30. The van der Waals surface area contributed by atoms with E-state index in [0.29, 0.717) is 18.2 Å². The van der Waals surface area contributed by atoms with Gasteiger partial charge in [-0.2, -0.15) is 0 Å². The number of ether oxygens (including phenoxy) is 2. The molecule has 0 aliphatic carbocycles. The van der Waals surface area contributed by atoms with E-state index >= 15 is 0 Å². The van der Waals surface area contributed by atoms with Crippen molar-refractivity contribution in [2.24, 2.45) is 5.41 Å². The third-order valence-electron chi connectivity index (χ3n) is 3.36. The van der Waals surface area contributed by atoms with Gasteiger partial charge in [0.05, 0.1) is 26.4 Å². The van der Waals surface area contributed by atoms with Crippen molar-refractivity contribution < 1.29 is 14.3 Å². The predicted molar refractivity (Wildman–Crippen MR) is 68.5 cm³/mol. The fraction of sp³-hybridized carbons (Fsp3) is 0.462. The summed E-state index contributed by atoms with van der Waals surface area (Å²) in [7, 11) is 3.22. The van der Waals surface area contributed by atoms with E-state index in [1.807, 2.05) is 31.3 Å². The molecule has 0 spiro atoms. The summed E-state index contributed by atoms with van der Waals surface area (Å²) in [4.78, 5) is 12.0. The van der Waals surface area contributed by atoms with E-state index in [0.717, 1.165) is 5.56 Å². The molecule has 1 atom stereocenters. The van der Waals surface area contributed by atoms with Gasteiger partial charge >= 0.3 is 5.97 Å². The lowest BCUT2D eigenvalue weighted by Gasteiger charge is -2.44. The van der Waals surface area contributed by atoms with Crippen LogP contribution in [0.3, 0.4) is 0 Å². The highest BCUT2D eigenvalue weighted by Crippen LogP contribution is 2.41. The van der Waals surface area contributed by atoms with Gasteiger partial charge < -0.3 is 14.8 Å². The summed E-state index contributed by atoms with van der Waals surface area (Å²) in [5.74, 6) is -0.247. The Morgan fingerprint density at radius 2 is 2.06 bits per heavy atom. The highest BCUT2D eigenvalue weighted by molar-refractivity contribution is 6.30. The maximum Gasteiger partial charge on any atom is 0.318 e. The number of hydrogen-bond acceptors (Lipinski definition) is 4. The second-order valence-corrected chi connectivity index (χ2v) is 4.85. The zero-order valence-electron chi connectivity index (χ0n) is 10.4. The van der Waals surface area contributed by atoms with E-state index in [4.69, 9.17) is 21.1 Å². The minimum Gasteiger partial charge on any atom is -0.468 e. The molecule has 1 aromatic carbocycles. The maximum atomic E-state index is 12.0. The number of rotatable bonds is 4. The van der Waals surface area contributed by atoms with Crippen molar-refractivity contribution in [3.8, 4) is 0 Å². The average molecular weight is 270 g/mol. The Labute approximate surface area is 111 Å². The third kappa shape index (κ3) is 2.11. The Bertz CT molecular complexity index is 428. The predicted octanol–water partition coefficient (Wildman–Crippen LogP) is 1.79. The smallest absolute Gasteiger partial charge is 0.318 e. The highest BCUT2D eigenvalue weighted by atomic mass is 35.5. The fourth-order valence-electron chi connectivity index (χ4n) is 2.34. The van der Waals surface area contributed by atoms with Gasteiger partial charge in [0, 0.05) is 5.02 Å². The second kappa shape index (κ2) is 5.26. The van der Waals surface area contributed by atoms with Crippen molar-refractivity contribution in [1.82, 2.24) is 5.32 Å². The molecule has 1 saturated heterocycles. The molecule has 1 fully saturated rings. The fourth-order valence-corrected chi connectivity index (χ4v) is 2.47. The molecule has 0 amide bonds. The first-order valence-electron chi connectivity index (χ1n) is 5.73. The number of halogens is 1. The van der Waals surface area contributed by atoms with Crippen molar-refractivity contribution in [3.63, 3.8) is 0 Å². The lowest BCUT2D eigenvalue weighted by molar-refractivity contribution is -0.190. The number of carbonyl (C=O) groups is 1. The quantitative estimate of drug-likeness (QED) is 0.847. The molecule has 98 valence electrons. The Balaban J connectivity index is 2.32. The van der Waals surface area contributed by atoms with Crippen molar-refractivity contribution in [2.75, 3.05) is 27.4 Å². The molecule has 2 rings (SSSR count). The van der Waals surface area contributed by atoms with Crippen LogP contribution in [0.25, 0.3) is 0 Å². The summed E-state index contributed by atoms with van der Waals surface area (Å²) >= 11 is 5.87. The van der Waals surface area contributed by atoms with Crippen LogP contribution in [-0.2, 0) is 14.3 Å². The number of benzene rings is 1. The minimum absolute atomic E-state index is 0.143. The van der Waals surface area contributed by atoms with Crippen LogP contribution in [0.2, 0.25) is 5.02 Å². The molecule has 1 aliphatic heterocycles. The molecule has 1 aliphatic rings. The lowest BCUT2D eigenvalue weighted by Crippen LogP contribution is -2.56. The van der Waals surface area contributed by atoms with Crippen LogP contribution in [0, 0.1) is 5.41 Å². The van der Waals surface area contributed by atoms with Crippen LogP contribution < -0.4 is 5.32 Å². The number of carbonyl (C=O) groups excluding carboxylic acids is 1. The van der Waals surface area contributed by atoms with Gasteiger partial charge in [0.25, 0.3) is 0 Å². The van der Waals surface area contributed by atoms with E-state index in [9.17, 15) is 4.79 Å². The van der Waals surface area contributed by atoms with Gasteiger partial charge in [-0.05, 0) is 24.7 Å². The van der Waals surface area contributed by atoms with Crippen LogP contribution in [0.1, 0.15) is 11.6 Å². The van der Waals surface area contributed by atoms with Gasteiger partial charge in [0.15, 0.2) is 0 Å². The summed E-state index contributed by atoms with van der Waals surface area (Å²) < 4.78 is 10.1. The molecule has 1 N–H and O–H groups in total. The molecule has 18 heavy (non-hydrogen) atoms. The van der Waals surface area contributed by atoms with Crippen molar-refractivity contribution in [1.29, 1.82) is 0 Å². The molecule has 1 aromatic rings. The summed E-state index contributed by atoms with van der Waals surface area (Å²) in [6.07, 6.45) is 0. The van der Waals surface area contributed by atoms with E-state index in [-0.39, 0.29) is 12.0 Å². The van der Waals surface area contributed by atoms with Crippen molar-refractivity contribution in [3.05, 3.63) is 34.9 Å². The third-order valence-corrected chi connectivity index (χ3v) is 3.61. The number of nitrogens with one attached hydrogen (secondary N) is 1. The van der Waals surface area contributed by atoms with Crippen molar-refractivity contribution >= 4 is 17.6 Å². The van der Waals surface area contributed by atoms with E-state index < -0.39 is 5.41 Å². The van der Waals surface area contributed by atoms with Gasteiger partial charge in [0.2, 0.25) is 0 Å². The number of esters is 1. The average Bonchev–Trinajstić information content (AvgIpc) is 2.34. The molecule has 4 nitrogen and oxygen atoms in total.